The van der Waals surface area contributed by atoms with Gasteiger partial charge in [0.2, 0.25) is 5.91 Å². The maximum absolute atomic E-state index is 12.9. The Morgan fingerprint density at radius 3 is 2.70 bits per heavy atom. The normalized spacial score (nSPS) is 20.5. The maximum atomic E-state index is 12.9. The van der Waals surface area contributed by atoms with E-state index in [1.165, 1.54) is 49.2 Å². The lowest BCUT2D eigenvalue weighted by atomic mass is 9.80. The molecule has 1 aliphatic carbocycles. The Hall–Kier alpha value is -2.22. The smallest absolute Gasteiger partial charge is 0.264 e. The Kier molecular flexibility index (Phi) is 6.22. The lowest BCUT2D eigenvalue weighted by Gasteiger charge is -2.43. The van der Waals surface area contributed by atoms with Gasteiger partial charge in [0.05, 0.1) is 18.1 Å². The van der Waals surface area contributed by atoms with E-state index in [-0.39, 0.29) is 23.4 Å². The van der Waals surface area contributed by atoms with E-state index in [0.29, 0.717) is 17.6 Å². The summed E-state index contributed by atoms with van der Waals surface area (Å²) in [6.45, 7) is 5.87. The number of nitrogens with zero attached hydrogens (tertiary/aromatic N) is 5. The van der Waals surface area contributed by atoms with Crippen LogP contribution >= 0.6 is 0 Å². The zero-order chi connectivity index (χ0) is 21.1. The fourth-order valence-corrected chi connectivity index (χ4v) is 5.01. The van der Waals surface area contributed by atoms with Crippen molar-refractivity contribution in [3.8, 4) is 0 Å². The topological polar surface area (TPSA) is 85.1 Å². The second-order valence-electron chi connectivity index (χ2n) is 9.35. The van der Waals surface area contributed by atoms with Gasteiger partial charge in [0, 0.05) is 26.6 Å². The molecule has 1 aliphatic heterocycles. The predicted octanol–water partition coefficient (Wildman–Crippen LogP) is 2.07. The molecule has 1 saturated carbocycles. The average molecular weight is 415 g/mol. The van der Waals surface area contributed by atoms with Crippen LogP contribution in [0.15, 0.2) is 17.3 Å². The van der Waals surface area contributed by atoms with Crippen molar-refractivity contribution >= 4 is 16.9 Å². The lowest BCUT2D eigenvalue weighted by molar-refractivity contribution is -0.124. The molecular weight excluding hydrogens is 380 g/mol. The van der Waals surface area contributed by atoms with Crippen LogP contribution in [-0.4, -0.2) is 55.3 Å². The van der Waals surface area contributed by atoms with Gasteiger partial charge in [-0.05, 0) is 44.7 Å². The Balaban J connectivity index is 1.39. The van der Waals surface area contributed by atoms with Crippen molar-refractivity contribution in [2.75, 3.05) is 19.6 Å². The van der Waals surface area contributed by atoms with E-state index in [1.54, 1.807) is 11.7 Å². The van der Waals surface area contributed by atoms with Crippen LogP contribution < -0.4 is 10.9 Å². The molecule has 3 heterocycles. The van der Waals surface area contributed by atoms with E-state index in [2.05, 4.69) is 27.2 Å². The summed E-state index contributed by atoms with van der Waals surface area (Å²) in [6.07, 6.45) is 11.5. The molecule has 0 aromatic carbocycles. The van der Waals surface area contributed by atoms with Crippen molar-refractivity contribution in [3.05, 3.63) is 22.9 Å². The molecule has 2 aromatic rings. The molecule has 0 spiro atoms. The van der Waals surface area contributed by atoms with Gasteiger partial charge in [-0.15, -0.1) is 0 Å². The number of carbonyl (C=O) groups excluding carboxylic acids is 1. The molecule has 0 atom stereocenters. The molecular formula is C22H34N6O2. The third-order valence-corrected chi connectivity index (χ3v) is 6.92. The summed E-state index contributed by atoms with van der Waals surface area (Å²) < 4.78 is 3.10. The molecule has 0 radical (unpaired) electrons. The number of likely N-dealkylation sites (tertiary alicyclic amines) is 1. The van der Waals surface area contributed by atoms with Crippen LogP contribution in [-0.2, 0) is 18.4 Å². The second kappa shape index (κ2) is 8.88. The number of rotatable bonds is 6. The summed E-state index contributed by atoms with van der Waals surface area (Å²) in [7, 11) is 1.76. The van der Waals surface area contributed by atoms with Gasteiger partial charge in [-0.25, -0.2) is 4.98 Å². The molecule has 164 valence electrons. The summed E-state index contributed by atoms with van der Waals surface area (Å²) in [5.74, 6) is 0.836. The van der Waals surface area contributed by atoms with Crippen molar-refractivity contribution in [2.24, 2.45) is 13.0 Å². The first-order valence-corrected chi connectivity index (χ1v) is 11.4. The molecule has 2 fully saturated rings. The van der Waals surface area contributed by atoms with Gasteiger partial charge in [0.1, 0.15) is 5.39 Å². The van der Waals surface area contributed by atoms with Gasteiger partial charge < -0.3 is 10.2 Å². The quantitative estimate of drug-likeness (QED) is 0.782. The van der Waals surface area contributed by atoms with Crippen molar-refractivity contribution in [1.82, 2.24) is 29.5 Å². The number of piperidine rings is 1. The number of aryl methyl sites for hydroxylation is 2. The molecule has 30 heavy (non-hydrogen) atoms. The van der Waals surface area contributed by atoms with Crippen LogP contribution in [0.1, 0.15) is 58.3 Å². The van der Waals surface area contributed by atoms with Gasteiger partial charge in [0.25, 0.3) is 5.56 Å². The van der Waals surface area contributed by atoms with E-state index >= 15 is 0 Å². The molecule has 2 aliphatic rings. The van der Waals surface area contributed by atoms with Gasteiger partial charge in [-0.1, -0.05) is 26.2 Å². The molecule has 0 bridgehead atoms. The van der Waals surface area contributed by atoms with E-state index in [4.69, 9.17) is 0 Å². The number of hydrogen-bond donors (Lipinski definition) is 1. The highest BCUT2D eigenvalue weighted by molar-refractivity contribution is 5.77. The Morgan fingerprint density at radius 1 is 1.23 bits per heavy atom. The van der Waals surface area contributed by atoms with E-state index in [0.717, 1.165) is 38.4 Å². The Bertz CT molecular complexity index is 935. The first-order valence-electron chi connectivity index (χ1n) is 11.4. The van der Waals surface area contributed by atoms with Gasteiger partial charge in [-0.2, -0.15) is 5.10 Å². The molecule has 2 aromatic heterocycles. The SMILES string of the molecule is CC1CCN(CC2(NC(=O)CCn3cnc4c(cnn4C)c3=O)CCCCC2)CC1. The van der Waals surface area contributed by atoms with Crippen LogP contribution in [0, 0.1) is 5.92 Å². The molecule has 1 saturated heterocycles. The molecule has 8 nitrogen and oxygen atoms in total. The summed E-state index contributed by atoms with van der Waals surface area (Å²) >= 11 is 0. The largest absolute Gasteiger partial charge is 0.349 e. The summed E-state index contributed by atoms with van der Waals surface area (Å²) in [4.78, 5) is 32.4. The van der Waals surface area contributed by atoms with Crippen LogP contribution in [0.25, 0.3) is 11.0 Å². The van der Waals surface area contributed by atoms with E-state index in [9.17, 15) is 9.59 Å². The highest BCUT2D eigenvalue weighted by Crippen LogP contribution is 2.30. The highest BCUT2D eigenvalue weighted by atomic mass is 16.2. The Morgan fingerprint density at radius 2 is 1.97 bits per heavy atom. The van der Waals surface area contributed by atoms with Crippen molar-refractivity contribution in [2.45, 2.75) is 70.4 Å². The standard InChI is InChI=1S/C22H34N6O2/c1-17-6-11-27(12-7-17)15-22(9-4-3-5-10-22)25-19(29)8-13-28-16-23-20-18(21(28)30)14-24-26(20)2/h14,16-17H,3-13,15H2,1-2H3,(H,25,29). The number of amides is 1. The fourth-order valence-electron chi connectivity index (χ4n) is 5.01. The van der Waals surface area contributed by atoms with Gasteiger partial charge in [-0.3, -0.25) is 18.8 Å². The van der Waals surface area contributed by atoms with Crippen molar-refractivity contribution in [3.63, 3.8) is 0 Å². The van der Waals surface area contributed by atoms with E-state index in [1.807, 2.05) is 0 Å². The lowest BCUT2D eigenvalue weighted by Crippen LogP contribution is -2.57. The predicted molar refractivity (Wildman–Crippen MR) is 116 cm³/mol. The van der Waals surface area contributed by atoms with Crippen LogP contribution in [0.2, 0.25) is 0 Å². The van der Waals surface area contributed by atoms with Crippen LogP contribution in [0.4, 0.5) is 0 Å². The third kappa shape index (κ3) is 4.58. The monoisotopic (exact) mass is 414 g/mol. The minimum atomic E-state index is -0.143. The third-order valence-electron chi connectivity index (χ3n) is 6.92. The molecule has 1 N–H and O–H groups in total. The summed E-state index contributed by atoms with van der Waals surface area (Å²) in [5, 5.41) is 7.97. The number of fused-ring (bicyclic) bond motifs is 1. The van der Waals surface area contributed by atoms with Gasteiger partial charge >= 0.3 is 0 Å². The number of carbonyl (C=O) groups is 1. The van der Waals surface area contributed by atoms with Gasteiger partial charge in [0.15, 0.2) is 5.65 Å². The molecule has 1 amide bonds. The number of aromatic nitrogens is 4. The fraction of sp³-hybridized carbons (Fsp3) is 0.727. The first kappa shape index (κ1) is 21.0. The average Bonchev–Trinajstić information content (AvgIpc) is 3.11. The zero-order valence-electron chi connectivity index (χ0n) is 18.3. The maximum Gasteiger partial charge on any atom is 0.264 e. The van der Waals surface area contributed by atoms with Crippen molar-refractivity contribution in [1.29, 1.82) is 0 Å². The van der Waals surface area contributed by atoms with Crippen LogP contribution in [0.3, 0.4) is 0 Å². The molecule has 0 unspecified atom stereocenters. The number of nitrogens with one attached hydrogen (secondary N) is 1. The highest BCUT2D eigenvalue weighted by Gasteiger charge is 2.35. The zero-order valence-corrected chi connectivity index (χ0v) is 18.3. The van der Waals surface area contributed by atoms with Crippen LogP contribution in [0.5, 0.6) is 0 Å². The second-order valence-corrected chi connectivity index (χ2v) is 9.35. The van der Waals surface area contributed by atoms with Crippen molar-refractivity contribution < 1.29 is 4.79 Å². The summed E-state index contributed by atoms with van der Waals surface area (Å²) in [5.41, 5.74) is 0.306. The van der Waals surface area contributed by atoms with E-state index < -0.39 is 0 Å². The summed E-state index contributed by atoms with van der Waals surface area (Å²) in [6, 6.07) is 0. The minimum Gasteiger partial charge on any atom is -0.349 e. The first-order chi connectivity index (χ1) is 14.5. The Labute approximate surface area is 177 Å². The molecule has 4 rings (SSSR count). The number of hydrogen-bond acceptors (Lipinski definition) is 5. The molecule has 8 heteroatoms. The minimum absolute atomic E-state index is 0.0282.